The van der Waals surface area contributed by atoms with Crippen LogP contribution < -0.4 is 4.74 Å². The summed E-state index contributed by atoms with van der Waals surface area (Å²) in [6, 6.07) is 19.1. The molecule has 0 N–H and O–H groups in total. The molecule has 2 aromatic heterocycles. The van der Waals surface area contributed by atoms with Gasteiger partial charge in [-0.25, -0.2) is 9.67 Å². The number of pyridine rings is 1. The van der Waals surface area contributed by atoms with Crippen molar-refractivity contribution in [3.63, 3.8) is 0 Å². The second kappa shape index (κ2) is 10.9. The van der Waals surface area contributed by atoms with Crippen LogP contribution in [0.1, 0.15) is 36.0 Å². The minimum absolute atomic E-state index is 0.0611. The molecule has 2 aromatic carbocycles. The van der Waals surface area contributed by atoms with Gasteiger partial charge in [0.15, 0.2) is 11.6 Å². The predicted molar refractivity (Wildman–Crippen MR) is 140 cm³/mol. The van der Waals surface area contributed by atoms with Gasteiger partial charge in [-0.3, -0.25) is 9.78 Å². The maximum atomic E-state index is 13.5. The summed E-state index contributed by atoms with van der Waals surface area (Å²) < 4.78 is 7.19. The van der Waals surface area contributed by atoms with Crippen LogP contribution in [0.15, 0.2) is 73.1 Å². The molecule has 0 spiro atoms. The number of nitrogens with zero attached hydrogens (tertiary/aromatic N) is 5. The van der Waals surface area contributed by atoms with Gasteiger partial charge in [-0.2, -0.15) is 5.10 Å². The third-order valence-corrected chi connectivity index (χ3v) is 6.92. The first-order chi connectivity index (χ1) is 17.6. The SMILES string of the molecule is COc1ccc(-c2nc(-c3ccncc3)nn2CCN(C(=O)c2ccccc2)C2CCCC2)cc1Cl. The first-order valence-electron chi connectivity index (χ1n) is 12.2. The van der Waals surface area contributed by atoms with Crippen molar-refractivity contribution in [2.24, 2.45) is 0 Å². The van der Waals surface area contributed by atoms with E-state index in [4.69, 9.17) is 26.4 Å². The number of ether oxygens (including phenoxy) is 1. The fourth-order valence-electron chi connectivity index (χ4n) is 4.76. The van der Waals surface area contributed by atoms with Crippen molar-refractivity contribution in [3.8, 4) is 28.5 Å². The van der Waals surface area contributed by atoms with Crippen molar-refractivity contribution < 1.29 is 9.53 Å². The van der Waals surface area contributed by atoms with Crippen molar-refractivity contribution >= 4 is 17.5 Å². The van der Waals surface area contributed by atoms with E-state index in [0.29, 0.717) is 41.1 Å². The van der Waals surface area contributed by atoms with E-state index < -0.39 is 0 Å². The van der Waals surface area contributed by atoms with Crippen LogP contribution in [0.4, 0.5) is 0 Å². The molecule has 0 unspecified atom stereocenters. The third-order valence-electron chi connectivity index (χ3n) is 6.62. The molecule has 0 saturated heterocycles. The van der Waals surface area contributed by atoms with Gasteiger partial charge in [0.1, 0.15) is 5.75 Å². The van der Waals surface area contributed by atoms with Crippen LogP contribution in [0.25, 0.3) is 22.8 Å². The molecule has 0 bridgehead atoms. The zero-order valence-corrected chi connectivity index (χ0v) is 20.9. The molecule has 7 nitrogen and oxygen atoms in total. The van der Waals surface area contributed by atoms with Gasteiger partial charge in [-0.05, 0) is 55.3 Å². The molecular formula is C28H28ClN5O2. The van der Waals surface area contributed by atoms with Crippen LogP contribution in [-0.4, -0.2) is 50.3 Å². The number of amides is 1. The largest absolute Gasteiger partial charge is 0.495 e. The number of carbonyl (C=O) groups is 1. The van der Waals surface area contributed by atoms with Crippen molar-refractivity contribution in [2.45, 2.75) is 38.3 Å². The monoisotopic (exact) mass is 501 g/mol. The Morgan fingerprint density at radius 3 is 2.50 bits per heavy atom. The zero-order chi connectivity index (χ0) is 24.9. The second-order valence-electron chi connectivity index (χ2n) is 8.87. The number of halogens is 1. The minimum atomic E-state index is 0.0611. The Labute approximate surface area is 215 Å². The van der Waals surface area contributed by atoms with E-state index in [9.17, 15) is 4.79 Å². The molecule has 1 fully saturated rings. The van der Waals surface area contributed by atoms with Crippen LogP contribution in [-0.2, 0) is 6.54 Å². The average Bonchev–Trinajstić information content (AvgIpc) is 3.61. The Morgan fingerprint density at radius 1 is 1.06 bits per heavy atom. The Hall–Kier alpha value is -3.71. The summed E-state index contributed by atoms with van der Waals surface area (Å²) in [4.78, 5) is 24.5. The molecule has 1 aliphatic rings. The molecule has 8 heteroatoms. The summed E-state index contributed by atoms with van der Waals surface area (Å²) in [6.07, 6.45) is 7.79. The summed E-state index contributed by atoms with van der Waals surface area (Å²) >= 11 is 6.43. The number of hydrogen-bond donors (Lipinski definition) is 0. The van der Waals surface area contributed by atoms with Crippen molar-refractivity contribution in [1.82, 2.24) is 24.6 Å². The van der Waals surface area contributed by atoms with Gasteiger partial charge in [-0.1, -0.05) is 42.6 Å². The van der Waals surface area contributed by atoms with Gasteiger partial charge >= 0.3 is 0 Å². The lowest BCUT2D eigenvalue weighted by Crippen LogP contribution is -2.41. The number of rotatable bonds is 8. The minimum Gasteiger partial charge on any atom is -0.495 e. The molecule has 36 heavy (non-hydrogen) atoms. The normalized spacial score (nSPS) is 13.6. The van der Waals surface area contributed by atoms with Gasteiger partial charge in [0.2, 0.25) is 0 Å². The maximum Gasteiger partial charge on any atom is 0.254 e. The fourth-order valence-corrected chi connectivity index (χ4v) is 5.01. The van der Waals surface area contributed by atoms with Gasteiger partial charge in [0, 0.05) is 41.7 Å². The first kappa shape index (κ1) is 24.0. The predicted octanol–water partition coefficient (Wildman–Crippen LogP) is 5.75. The van der Waals surface area contributed by atoms with E-state index in [1.54, 1.807) is 19.5 Å². The third kappa shape index (κ3) is 5.11. The molecule has 0 atom stereocenters. The maximum absolute atomic E-state index is 13.5. The molecule has 2 heterocycles. The summed E-state index contributed by atoms with van der Waals surface area (Å²) in [5, 5.41) is 5.33. The summed E-state index contributed by atoms with van der Waals surface area (Å²) in [7, 11) is 1.59. The van der Waals surface area contributed by atoms with Crippen molar-refractivity contribution in [3.05, 3.63) is 83.6 Å². The van der Waals surface area contributed by atoms with Gasteiger partial charge in [0.05, 0.1) is 18.7 Å². The van der Waals surface area contributed by atoms with Gasteiger partial charge in [-0.15, -0.1) is 0 Å². The van der Waals surface area contributed by atoms with E-state index in [0.717, 1.165) is 36.8 Å². The van der Waals surface area contributed by atoms with Crippen LogP contribution in [0.3, 0.4) is 0 Å². The second-order valence-corrected chi connectivity index (χ2v) is 9.28. The van der Waals surface area contributed by atoms with Crippen LogP contribution in [0.5, 0.6) is 5.75 Å². The number of benzene rings is 2. The Kier molecular flexibility index (Phi) is 7.28. The highest BCUT2D eigenvalue weighted by molar-refractivity contribution is 6.32. The number of carbonyl (C=O) groups excluding carboxylic acids is 1. The standard InChI is InChI=1S/C28H28ClN5O2/c1-36-25-12-11-22(19-24(25)29)27-31-26(20-13-15-30-16-14-20)32-34(27)18-17-33(23-9-5-6-10-23)28(35)21-7-3-2-4-8-21/h2-4,7-8,11-16,19,23H,5-6,9-10,17-18H2,1H3. The molecule has 5 rings (SSSR count). The molecule has 0 aliphatic heterocycles. The highest BCUT2D eigenvalue weighted by atomic mass is 35.5. The topological polar surface area (TPSA) is 73.1 Å². The zero-order valence-electron chi connectivity index (χ0n) is 20.2. The highest BCUT2D eigenvalue weighted by Crippen LogP contribution is 2.31. The Bertz CT molecular complexity index is 1320. The summed E-state index contributed by atoms with van der Waals surface area (Å²) in [5.74, 6) is 1.94. The van der Waals surface area contributed by atoms with Gasteiger partial charge in [0.25, 0.3) is 5.91 Å². The summed E-state index contributed by atoms with van der Waals surface area (Å²) in [6.45, 7) is 1.04. The molecule has 1 amide bonds. The molecular weight excluding hydrogens is 474 g/mol. The lowest BCUT2D eigenvalue weighted by Gasteiger charge is -2.29. The molecule has 0 radical (unpaired) electrons. The number of methoxy groups -OCH3 is 1. The summed E-state index contributed by atoms with van der Waals surface area (Å²) in [5.41, 5.74) is 2.41. The smallest absolute Gasteiger partial charge is 0.254 e. The quantitative estimate of drug-likeness (QED) is 0.307. The van der Waals surface area contributed by atoms with Gasteiger partial charge < -0.3 is 9.64 Å². The van der Waals surface area contributed by atoms with Crippen LogP contribution in [0.2, 0.25) is 5.02 Å². The average molecular weight is 502 g/mol. The van der Waals surface area contributed by atoms with E-state index in [2.05, 4.69) is 4.98 Å². The van der Waals surface area contributed by atoms with Crippen LogP contribution in [0, 0.1) is 0 Å². The van der Waals surface area contributed by atoms with E-state index in [-0.39, 0.29) is 11.9 Å². The first-order valence-corrected chi connectivity index (χ1v) is 12.6. The van der Waals surface area contributed by atoms with E-state index in [1.807, 2.05) is 70.2 Å². The Morgan fingerprint density at radius 2 is 1.81 bits per heavy atom. The van der Waals surface area contributed by atoms with E-state index >= 15 is 0 Å². The molecule has 4 aromatic rings. The van der Waals surface area contributed by atoms with E-state index in [1.165, 1.54) is 0 Å². The van der Waals surface area contributed by atoms with Crippen LogP contribution >= 0.6 is 11.6 Å². The molecule has 1 aliphatic carbocycles. The van der Waals surface area contributed by atoms with Crippen molar-refractivity contribution in [1.29, 1.82) is 0 Å². The number of hydrogen-bond acceptors (Lipinski definition) is 5. The number of aromatic nitrogens is 4. The Balaban J connectivity index is 1.48. The lowest BCUT2D eigenvalue weighted by atomic mass is 10.1. The fraction of sp³-hybridized carbons (Fsp3) is 0.286. The molecule has 184 valence electrons. The molecule has 1 saturated carbocycles. The highest BCUT2D eigenvalue weighted by Gasteiger charge is 2.28. The lowest BCUT2D eigenvalue weighted by molar-refractivity contribution is 0.0672. The van der Waals surface area contributed by atoms with Crippen molar-refractivity contribution in [2.75, 3.05) is 13.7 Å².